The summed E-state index contributed by atoms with van der Waals surface area (Å²) in [6, 6.07) is 3.62. The Morgan fingerprint density at radius 3 is 2.38 bits per heavy atom. The third-order valence-corrected chi connectivity index (χ3v) is 3.28. The summed E-state index contributed by atoms with van der Waals surface area (Å²) in [6.45, 7) is 12.0. The van der Waals surface area contributed by atoms with Gasteiger partial charge in [0.05, 0.1) is 23.4 Å². The van der Waals surface area contributed by atoms with Crippen molar-refractivity contribution < 1.29 is 14.3 Å². The molecule has 1 aromatic heterocycles. The van der Waals surface area contributed by atoms with Gasteiger partial charge in [-0.3, -0.25) is 0 Å². The number of hydrogen-bond donors (Lipinski definition) is 0. The maximum absolute atomic E-state index is 11.6. The van der Waals surface area contributed by atoms with Crippen LogP contribution in [0.2, 0.25) is 0 Å². The molecule has 0 bridgehead atoms. The molecular weight excluding hydrogens is 268 g/mol. The minimum absolute atomic E-state index is 0.233. The molecule has 2 rings (SSSR count). The fraction of sp³-hybridized carbons (Fsp3) is 0.625. The lowest BCUT2D eigenvalue weighted by Gasteiger charge is -2.47. The average molecular weight is 292 g/mol. The molecule has 0 atom stereocenters. The highest BCUT2D eigenvalue weighted by Gasteiger charge is 2.38. The molecule has 1 saturated heterocycles. The maximum atomic E-state index is 11.6. The first-order chi connectivity index (χ1) is 9.72. The van der Waals surface area contributed by atoms with Crippen LogP contribution in [-0.4, -0.2) is 41.9 Å². The standard InChI is InChI=1S/C16H24N2O3/c1-6-20-14(19)12-7-8-13(17-9-12)18-10-15(2,3)21-16(4,5)11-18/h7-9H,6,10-11H2,1-5H3. The largest absolute Gasteiger partial charge is 0.462 e. The molecule has 1 aromatic rings. The fourth-order valence-corrected chi connectivity index (χ4v) is 2.86. The van der Waals surface area contributed by atoms with E-state index in [1.807, 2.05) is 6.07 Å². The number of nitrogens with zero attached hydrogens (tertiary/aromatic N) is 2. The number of pyridine rings is 1. The van der Waals surface area contributed by atoms with Crippen molar-refractivity contribution in [2.24, 2.45) is 0 Å². The Morgan fingerprint density at radius 1 is 1.29 bits per heavy atom. The van der Waals surface area contributed by atoms with Gasteiger partial charge >= 0.3 is 5.97 Å². The zero-order valence-corrected chi connectivity index (χ0v) is 13.5. The first kappa shape index (κ1) is 15.8. The summed E-state index contributed by atoms with van der Waals surface area (Å²) in [7, 11) is 0. The topological polar surface area (TPSA) is 51.7 Å². The lowest BCUT2D eigenvalue weighted by atomic mass is 9.99. The van der Waals surface area contributed by atoms with Crippen molar-refractivity contribution in [1.29, 1.82) is 0 Å². The van der Waals surface area contributed by atoms with Crippen LogP contribution in [0.15, 0.2) is 18.3 Å². The van der Waals surface area contributed by atoms with E-state index in [4.69, 9.17) is 9.47 Å². The van der Waals surface area contributed by atoms with Gasteiger partial charge in [0.1, 0.15) is 5.82 Å². The highest BCUT2D eigenvalue weighted by Crippen LogP contribution is 2.30. The Bertz CT molecular complexity index is 493. The predicted octanol–water partition coefficient (Wildman–Crippen LogP) is 2.65. The average Bonchev–Trinajstić information content (AvgIpc) is 2.35. The zero-order valence-electron chi connectivity index (χ0n) is 13.5. The van der Waals surface area contributed by atoms with Crippen LogP contribution in [-0.2, 0) is 9.47 Å². The van der Waals surface area contributed by atoms with E-state index in [1.54, 1.807) is 19.2 Å². The van der Waals surface area contributed by atoms with Crippen molar-refractivity contribution in [3.05, 3.63) is 23.9 Å². The van der Waals surface area contributed by atoms with Gasteiger partial charge in [-0.05, 0) is 46.8 Å². The third-order valence-electron chi connectivity index (χ3n) is 3.28. The number of esters is 1. The van der Waals surface area contributed by atoms with E-state index in [9.17, 15) is 4.79 Å². The van der Waals surface area contributed by atoms with Gasteiger partial charge < -0.3 is 14.4 Å². The molecule has 116 valence electrons. The summed E-state index contributed by atoms with van der Waals surface area (Å²) in [6.07, 6.45) is 1.57. The van der Waals surface area contributed by atoms with Crippen molar-refractivity contribution in [1.82, 2.24) is 4.98 Å². The highest BCUT2D eigenvalue weighted by atomic mass is 16.5. The van der Waals surface area contributed by atoms with Crippen LogP contribution < -0.4 is 4.90 Å². The molecule has 0 N–H and O–H groups in total. The van der Waals surface area contributed by atoms with Gasteiger partial charge in [0.25, 0.3) is 0 Å². The normalized spacial score (nSPS) is 20.1. The number of hydrogen-bond acceptors (Lipinski definition) is 5. The lowest BCUT2D eigenvalue weighted by Crippen LogP contribution is -2.57. The van der Waals surface area contributed by atoms with Crippen molar-refractivity contribution >= 4 is 11.8 Å². The summed E-state index contributed by atoms with van der Waals surface area (Å²) < 4.78 is 11.0. The minimum atomic E-state index is -0.334. The molecule has 0 unspecified atom stereocenters. The molecular formula is C16H24N2O3. The molecule has 0 aliphatic carbocycles. The van der Waals surface area contributed by atoms with Gasteiger partial charge in [0.15, 0.2) is 0 Å². The van der Waals surface area contributed by atoms with Crippen molar-refractivity contribution in [3.8, 4) is 0 Å². The second-order valence-corrected chi connectivity index (χ2v) is 6.60. The second kappa shape index (κ2) is 5.64. The van der Waals surface area contributed by atoms with Gasteiger partial charge in [0, 0.05) is 19.3 Å². The van der Waals surface area contributed by atoms with Crippen molar-refractivity contribution in [3.63, 3.8) is 0 Å². The number of carbonyl (C=O) groups is 1. The van der Waals surface area contributed by atoms with E-state index in [0.717, 1.165) is 18.9 Å². The van der Waals surface area contributed by atoms with E-state index < -0.39 is 0 Å². The molecule has 5 nitrogen and oxygen atoms in total. The molecule has 5 heteroatoms. The monoisotopic (exact) mass is 292 g/mol. The summed E-state index contributed by atoms with van der Waals surface area (Å²) in [5, 5.41) is 0. The van der Waals surface area contributed by atoms with E-state index in [-0.39, 0.29) is 17.2 Å². The molecule has 0 spiro atoms. The summed E-state index contributed by atoms with van der Waals surface area (Å²) in [5.41, 5.74) is 0.0133. The summed E-state index contributed by atoms with van der Waals surface area (Å²) in [4.78, 5) is 18.2. The van der Waals surface area contributed by atoms with Crippen LogP contribution in [0.25, 0.3) is 0 Å². The van der Waals surface area contributed by atoms with Gasteiger partial charge in [-0.15, -0.1) is 0 Å². The van der Waals surface area contributed by atoms with Crippen LogP contribution in [0.1, 0.15) is 45.0 Å². The number of rotatable bonds is 3. The van der Waals surface area contributed by atoms with Crippen LogP contribution in [0.4, 0.5) is 5.82 Å². The molecule has 1 fully saturated rings. The number of morpholine rings is 1. The molecule has 2 heterocycles. The van der Waals surface area contributed by atoms with E-state index in [2.05, 4.69) is 37.6 Å². The van der Waals surface area contributed by atoms with Crippen LogP contribution in [0.3, 0.4) is 0 Å². The van der Waals surface area contributed by atoms with Gasteiger partial charge in [-0.25, -0.2) is 9.78 Å². The lowest BCUT2D eigenvalue weighted by molar-refractivity contribution is -0.133. The molecule has 0 radical (unpaired) electrons. The molecule has 1 aliphatic heterocycles. The van der Waals surface area contributed by atoms with Gasteiger partial charge in [-0.2, -0.15) is 0 Å². The number of anilines is 1. The fourth-order valence-electron chi connectivity index (χ4n) is 2.86. The van der Waals surface area contributed by atoms with Crippen molar-refractivity contribution in [2.45, 2.75) is 45.8 Å². The smallest absolute Gasteiger partial charge is 0.339 e. The Balaban J connectivity index is 2.16. The quantitative estimate of drug-likeness (QED) is 0.802. The minimum Gasteiger partial charge on any atom is -0.462 e. The number of ether oxygens (including phenoxy) is 2. The first-order valence-corrected chi connectivity index (χ1v) is 7.31. The van der Waals surface area contributed by atoms with E-state index >= 15 is 0 Å². The number of carbonyl (C=O) groups excluding carboxylic acids is 1. The first-order valence-electron chi connectivity index (χ1n) is 7.31. The van der Waals surface area contributed by atoms with Crippen LogP contribution in [0, 0.1) is 0 Å². The summed E-state index contributed by atoms with van der Waals surface area (Å²) >= 11 is 0. The molecule has 1 aliphatic rings. The van der Waals surface area contributed by atoms with E-state index in [1.165, 1.54) is 0 Å². The highest BCUT2D eigenvalue weighted by molar-refractivity contribution is 5.89. The Kier molecular flexibility index (Phi) is 4.23. The maximum Gasteiger partial charge on any atom is 0.339 e. The van der Waals surface area contributed by atoms with Crippen LogP contribution >= 0.6 is 0 Å². The predicted molar refractivity (Wildman–Crippen MR) is 81.6 cm³/mol. The molecule has 0 saturated carbocycles. The van der Waals surface area contributed by atoms with E-state index in [0.29, 0.717) is 12.2 Å². The Morgan fingerprint density at radius 2 is 1.90 bits per heavy atom. The van der Waals surface area contributed by atoms with Crippen LogP contribution in [0.5, 0.6) is 0 Å². The van der Waals surface area contributed by atoms with Crippen molar-refractivity contribution in [2.75, 3.05) is 24.6 Å². The van der Waals surface area contributed by atoms with Gasteiger partial charge in [-0.1, -0.05) is 0 Å². The Labute approximate surface area is 126 Å². The SMILES string of the molecule is CCOC(=O)c1ccc(N2CC(C)(C)OC(C)(C)C2)nc1. The molecule has 0 aromatic carbocycles. The summed E-state index contributed by atoms with van der Waals surface area (Å²) in [5.74, 6) is 0.520. The molecule has 0 amide bonds. The second-order valence-electron chi connectivity index (χ2n) is 6.60. The zero-order chi connectivity index (χ0) is 15.7. The third kappa shape index (κ3) is 3.94. The van der Waals surface area contributed by atoms with Gasteiger partial charge in [0.2, 0.25) is 0 Å². The number of aromatic nitrogens is 1. The Hall–Kier alpha value is -1.62. The molecule has 21 heavy (non-hydrogen) atoms.